The first kappa shape index (κ1) is 15.9. The number of ether oxygens (including phenoxy) is 2. The maximum Gasteiger partial charge on any atom is 0.162 e. The van der Waals surface area contributed by atoms with Crippen LogP contribution in [0.4, 0.5) is 0 Å². The molecule has 2 heterocycles. The molecule has 114 valence electrons. The van der Waals surface area contributed by atoms with Gasteiger partial charge in [0.05, 0.1) is 19.7 Å². The van der Waals surface area contributed by atoms with Crippen LogP contribution in [0.2, 0.25) is 0 Å². The lowest BCUT2D eigenvalue weighted by Gasteiger charge is -2.24. The molecule has 1 fully saturated rings. The average Bonchev–Trinajstić information content (AvgIpc) is 2.53. The molecule has 0 unspecified atom stereocenters. The molecular weight excluding hydrogens is 288 g/mol. The topological polar surface area (TPSA) is 43.4 Å². The standard InChI is InChI=1S/C16H20N2O2.ClH/c1-19-15-9-13-12(11-3-6-17-7-4-11)5-8-18-14(13)10-16(15)20-2;/h5,8-11,17H,3-4,6-7H2,1-2H3;1H. The number of nitrogens with zero attached hydrogens (tertiary/aromatic N) is 1. The molecule has 1 aromatic heterocycles. The Labute approximate surface area is 131 Å². The lowest BCUT2D eigenvalue weighted by Crippen LogP contribution is -2.26. The molecule has 4 nitrogen and oxygen atoms in total. The van der Waals surface area contributed by atoms with E-state index in [1.807, 2.05) is 12.3 Å². The minimum atomic E-state index is 0. The van der Waals surface area contributed by atoms with E-state index < -0.39 is 0 Å². The highest BCUT2D eigenvalue weighted by molar-refractivity contribution is 5.86. The second-order valence-corrected chi connectivity index (χ2v) is 5.15. The Kier molecular flexibility index (Phi) is 5.26. The van der Waals surface area contributed by atoms with E-state index in [4.69, 9.17) is 9.47 Å². The van der Waals surface area contributed by atoms with E-state index in [0.29, 0.717) is 5.92 Å². The zero-order valence-corrected chi connectivity index (χ0v) is 13.2. The van der Waals surface area contributed by atoms with Gasteiger partial charge in [-0.3, -0.25) is 4.98 Å². The van der Waals surface area contributed by atoms with Gasteiger partial charge in [-0.05, 0) is 49.5 Å². The maximum atomic E-state index is 5.42. The summed E-state index contributed by atoms with van der Waals surface area (Å²) in [6.07, 6.45) is 4.24. The Morgan fingerprint density at radius 1 is 1.10 bits per heavy atom. The van der Waals surface area contributed by atoms with Gasteiger partial charge in [-0.1, -0.05) is 0 Å². The molecule has 0 amide bonds. The van der Waals surface area contributed by atoms with Gasteiger partial charge in [-0.2, -0.15) is 0 Å². The molecule has 0 spiro atoms. The summed E-state index contributed by atoms with van der Waals surface area (Å²) in [6.45, 7) is 2.17. The average molecular weight is 309 g/mol. The third kappa shape index (κ3) is 3.06. The van der Waals surface area contributed by atoms with Crippen LogP contribution < -0.4 is 14.8 Å². The first-order valence-corrected chi connectivity index (χ1v) is 7.05. The Bertz CT molecular complexity index is 612. The third-order valence-corrected chi connectivity index (χ3v) is 4.06. The van der Waals surface area contributed by atoms with Gasteiger partial charge in [-0.25, -0.2) is 0 Å². The highest BCUT2D eigenvalue weighted by Gasteiger charge is 2.19. The summed E-state index contributed by atoms with van der Waals surface area (Å²) in [5.74, 6) is 2.10. The normalized spacial score (nSPS) is 15.5. The number of piperidine rings is 1. The van der Waals surface area contributed by atoms with Crippen LogP contribution in [-0.4, -0.2) is 32.3 Å². The van der Waals surface area contributed by atoms with Crippen molar-refractivity contribution in [3.05, 3.63) is 30.0 Å². The molecule has 0 radical (unpaired) electrons. The Balaban J connectivity index is 0.00000161. The van der Waals surface area contributed by atoms with Crippen molar-refractivity contribution in [1.82, 2.24) is 10.3 Å². The number of rotatable bonds is 3. The largest absolute Gasteiger partial charge is 0.493 e. The zero-order chi connectivity index (χ0) is 13.9. The minimum Gasteiger partial charge on any atom is -0.493 e. The summed E-state index contributed by atoms with van der Waals surface area (Å²) in [5.41, 5.74) is 2.34. The number of pyridine rings is 1. The third-order valence-electron chi connectivity index (χ3n) is 4.06. The summed E-state index contributed by atoms with van der Waals surface area (Å²) in [4.78, 5) is 4.47. The van der Waals surface area contributed by atoms with Gasteiger partial charge in [-0.15, -0.1) is 12.4 Å². The minimum absolute atomic E-state index is 0. The van der Waals surface area contributed by atoms with Gasteiger partial charge in [0.1, 0.15) is 0 Å². The molecule has 1 N–H and O–H groups in total. The number of aromatic nitrogens is 1. The van der Waals surface area contributed by atoms with Crippen LogP contribution in [0.5, 0.6) is 11.5 Å². The second kappa shape index (κ2) is 6.96. The summed E-state index contributed by atoms with van der Waals surface area (Å²) in [7, 11) is 3.32. The first-order chi connectivity index (χ1) is 9.83. The Morgan fingerprint density at radius 2 is 1.76 bits per heavy atom. The van der Waals surface area contributed by atoms with Crippen molar-refractivity contribution >= 4 is 23.3 Å². The molecular formula is C16H21ClN2O2. The number of hydrogen-bond donors (Lipinski definition) is 1. The van der Waals surface area contributed by atoms with Gasteiger partial charge in [0.15, 0.2) is 11.5 Å². The lowest BCUT2D eigenvalue weighted by molar-refractivity contribution is 0.355. The number of halogens is 1. The van der Waals surface area contributed by atoms with E-state index in [1.54, 1.807) is 14.2 Å². The van der Waals surface area contributed by atoms with E-state index in [0.717, 1.165) is 30.1 Å². The van der Waals surface area contributed by atoms with Gasteiger partial charge in [0, 0.05) is 17.6 Å². The highest BCUT2D eigenvalue weighted by atomic mass is 35.5. The van der Waals surface area contributed by atoms with Gasteiger partial charge in [0.2, 0.25) is 0 Å². The number of benzene rings is 1. The van der Waals surface area contributed by atoms with Crippen molar-refractivity contribution in [3.8, 4) is 11.5 Å². The fraction of sp³-hybridized carbons (Fsp3) is 0.438. The van der Waals surface area contributed by atoms with E-state index in [9.17, 15) is 0 Å². The zero-order valence-electron chi connectivity index (χ0n) is 12.4. The molecule has 1 aliphatic heterocycles. The van der Waals surface area contributed by atoms with Gasteiger partial charge < -0.3 is 14.8 Å². The van der Waals surface area contributed by atoms with Crippen molar-refractivity contribution in [2.45, 2.75) is 18.8 Å². The van der Waals surface area contributed by atoms with E-state index in [2.05, 4.69) is 22.4 Å². The Morgan fingerprint density at radius 3 is 2.43 bits per heavy atom. The van der Waals surface area contributed by atoms with Crippen LogP contribution in [-0.2, 0) is 0 Å². The highest BCUT2D eigenvalue weighted by Crippen LogP contribution is 2.36. The molecule has 3 rings (SSSR count). The van der Waals surface area contributed by atoms with Crippen LogP contribution >= 0.6 is 12.4 Å². The summed E-state index contributed by atoms with van der Waals surface area (Å²) < 4.78 is 10.8. The van der Waals surface area contributed by atoms with Crippen LogP contribution in [0, 0.1) is 0 Å². The summed E-state index contributed by atoms with van der Waals surface area (Å²) in [6, 6.07) is 6.15. The quantitative estimate of drug-likeness (QED) is 0.946. The van der Waals surface area contributed by atoms with Crippen molar-refractivity contribution in [1.29, 1.82) is 0 Å². The van der Waals surface area contributed by atoms with Crippen LogP contribution in [0.1, 0.15) is 24.3 Å². The number of hydrogen-bond acceptors (Lipinski definition) is 4. The van der Waals surface area contributed by atoms with E-state index >= 15 is 0 Å². The predicted octanol–water partition coefficient (Wildman–Crippen LogP) is 3.14. The molecule has 2 aromatic rings. The van der Waals surface area contributed by atoms with Crippen LogP contribution in [0.15, 0.2) is 24.4 Å². The number of fused-ring (bicyclic) bond motifs is 1. The molecule has 21 heavy (non-hydrogen) atoms. The van der Waals surface area contributed by atoms with Crippen molar-refractivity contribution in [2.75, 3.05) is 27.3 Å². The summed E-state index contributed by atoms with van der Waals surface area (Å²) in [5, 5.41) is 4.59. The van der Waals surface area contributed by atoms with Crippen molar-refractivity contribution in [2.24, 2.45) is 0 Å². The molecule has 0 bridgehead atoms. The smallest absolute Gasteiger partial charge is 0.162 e. The molecule has 0 aliphatic carbocycles. The predicted molar refractivity (Wildman–Crippen MR) is 86.9 cm³/mol. The number of methoxy groups -OCH3 is 2. The molecule has 1 aliphatic rings. The van der Waals surface area contributed by atoms with E-state index in [1.165, 1.54) is 23.8 Å². The lowest BCUT2D eigenvalue weighted by atomic mass is 9.88. The molecule has 1 aromatic carbocycles. The molecule has 0 atom stereocenters. The second-order valence-electron chi connectivity index (χ2n) is 5.15. The maximum absolute atomic E-state index is 5.42. The van der Waals surface area contributed by atoms with Crippen molar-refractivity contribution < 1.29 is 9.47 Å². The molecule has 1 saturated heterocycles. The fourth-order valence-corrected chi connectivity index (χ4v) is 2.98. The van der Waals surface area contributed by atoms with Crippen LogP contribution in [0.25, 0.3) is 10.9 Å². The SMILES string of the molecule is COc1cc2nccc(C3CCNCC3)c2cc1OC.Cl. The van der Waals surface area contributed by atoms with Gasteiger partial charge in [0.25, 0.3) is 0 Å². The molecule has 5 heteroatoms. The van der Waals surface area contributed by atoms with Crippen LogP contribution in [0.3, 0.4) is 0 Å². The van der Waals surface area contributed by atoms with Crippen molar-refractivity contribution in [3.63, 3.8) is 0 Å². The van der Waals surface area contributed by atoms with E-state index in [-0.39, 0.29) is 12.4 Å². The fourth-order valence-electron chi connectivity index (χ4n) is 2.98. The Hall–Kier alpha value is -1.52. The summed E-state index contributed by atoms with van der Waals surface area (Å²) >= 11 is 0. The molecule has 0 saturated carbocycles. The first-order valence-electron chi connectivity index (χ1n) is 7.05. The number of nitrogens with one attached hydrogen (secondary N) is 1. The van der Waals surface area contributed by atoms with Gasteiger partial charge >= 0.3 is 0 Å². The monoisotopic (exact) mass is 308 g/mol.